The molecule has 0 aliphatic heterocycles. The predicted molar refractivity (Wildman–Crippen MR) is 337 cm³/mol. The van der Waals surface area contributed by atoms with Gasteiger partial charge in [-0.25, -0.2) is 0 Å². The van der Waals surface area contributed by atoms with Crippen LogP contribution in [-0.2, 0) is 40.1 Å². The fourth-order valence-electron chi connectivity index (χ4n) is 9.91. The van der Waals surface area contributed by atoms with Crippen molar-refractivity contribution in [1.82, 2.24) is 0 Å². The zero-order chi connectivity index (χ0) is 80.1. The van der Waals surface area contributed by atoms with E-state index in [4.69, 9.17) is 7.26 Å². The molecule has 0 atom stereocenters. The minimum absolute atomic E-state index is 0.111. The second-order valence-electron chi connectivity index (χ2n) is 22.5. The summed E-state index contributed by atoms with van der Waals surface area (Å²) in [6.45, 7) is 4.74. The van der Waals surface area contributed by atoms with Gasteiger partial charge >= 0.3 is 494 Å². The molecule has 9 nitrogen and oxygen atoms in total. The van der Waals surface area contributed by atoms with Crippen molar-refractivity contribution in [3.8, 4) is 22.3 Å². The first-order chi connectivity index (χ1) is 48.2. The molecular formula is C64H44F27IO9S5. The quantitative estimate of drug-likeness (QED) is 0.0405. The van der Waals surface area contributed by atoms with Gasteiger partial charge in [-0.05, 0) is 0 Å². The van der Waals surface area contributed by atoms with Gasteiger partial charge in [0, 0.05) is 0 Å². The van der Waals surface area contributed by atoms with E-state index in [9.17, 15) is 99.9 Å². The van der Waals surface area contributed by atoms with Crippen molar-refractivity contribution in [2.75, 3.05) is 0 Å². The van der Waals surface area contributed by atoms with Gasteiger partial charge in [0.15, 0.2) is 0 Å². The van der Waals surface area contributed by atoms with Crippen LogP contribution in [-0.4, -0.2) is 95.1 Å². The summed E-state index contributed by atoms with van der Waals surface area (Å²) in [6.07, 6.45) is -22.6. The van der Waals surface area contributed by atoms with Crippen LogP contribution in [0.5, 0.6) is 0 Å². The van der Waals surface area contributed by atoms with E-state index in [1.165, 1.54) is 76.2 Å². The molecule has 0 aromatic heterocycles. The average molecular weight is 1760 g/mol. The molecule has 0 unspecified atom stereocenters. The molecule has 0 spiro atoms. The monoisotopic (exact) mass is 1760 g/mol. The minimum atomic E-state index is -7.87. The molecule has 580 valence electrons. The summed E-state index contributed by atoms with van der Waals surface area (Å²) in [5.41, 5.74) is -1.13. The summed E-state index contributed by atoms with van der Waals surface area (Å²) in [6, 6.07) is 32.2. The van der Waals surface area contributed by atoms with E-state index in [1.54, 1.807) is 0 Å². The number of benzene rings is 8. The van der Waals surface area contributed by atoms with Crippen LogP contribution in [0.15, 0.2) is 223 Å². The van der Waals surface area contributed by atoms with Gasteiger partial charge in [-0.3, -0.25) is 0 Å². The molecule has 0 heterocycles. The molecular weight excluding hydrogens is 1710 g/mol. The molecule has 42 heteroatoms. The Labute approximate surface area is 594 Å². The zero-order valence-corrected chi connectivity index (χ0v) is 59.0. The van der Waals surface area contributed by atoms with Gasteiger partial charge in [-0.2, -0.15) is 79.0 Å². The number of hydrogen-bond donors (Lipinski definition) is 0. The number of rotatable bonds is 25. The Morgan fingerprint density at radius 1 is 0.255 bits per heavy atom. The van der Waals surface area contributed by atoms with Crippen molar-refractivity contribution in [1.29, 1.82) is 0 Å². The van der Waals surface area contributed by atoms with Crippen molar-refractivity contribution >= 4 is 71.2 Å². The number of hydrogen-bond acceptors (Lipinski definition) is 9. The third-order valence-corrected chi connectivity index (χ3v) is 33.9. The maximum atomic E-state index is 15.7. The van der Waals surface area contributed by atoms with Crippen LogP contribution in [0, 0.1) is 34.8 Å². The molecule has 106 heavy (non-hydrogen) atoms. The van der Waals surface area contributed by atoms with Crippen LogP contribution >= 0.6 is 40.9 Å². The molecule has 0 bridgehead atoms. The summed E-state index contributed by atoms with van der Waals surface area (Å²) in [5, 5.41) is -22.3. The standard InChI is InChI=1S/C64H44F27IO9S5/c1-37-13-5-9-17-49(37)102(50-18-10-6-14-38(50)2,100-105(95,96)63(88,89)57(73,74)54(67,68)60(80,81)82)47-33-25-43(26-34-47)41-21-29-45(30-22-41)92(99-104(93,94)62(86,87)56(71,72)53(65,66)59(77,78)79)46-31-23-42(24-32-46)44-27-35-48(36-28-44)103(51-19-11-7-15-39(51)3,52-20-12-8-16-40(52)4)101-106(97,98)64(90,91)58(75,76)55(69,70)61(83,84)85/h5-36H,1-4H3. The number of halogens is 28. The van der Waals surface area contributed by atoms with Gasteiger partial charge in [-0.1, -0.05) is 24.3 Å². The topological polar surface area (TPSA) is 130 Å². The number of alkyl halides is 27. The van der Waals surface area contributed by atoms with E-state index < -0.39 is 178 Å². The van der Waals surface area contributed by atoms with E-state index >= 15 is 43.9 Å². The van der Waals surface area contributed by atoms with Gasteiger partial charge < -0.3 is 0 Å². The first-order valence-electron chi connectivity index (χ1n) is 28.7. The Bertz CT molecular complexity index is 4570. The fraction of sp³-hybridized carbons (Fsp3) is 0.250. The summed E-state index contributed by atoms with van der Waals surface area (Å²) in [7, 11) is -32.6. The van der Waals surface area contributed by atoms with Crippen LogP contribution < -0.4 is 0 Å². The molecule has 0 amide bonds. The molecule has 8 aromatic carbocycles. The van der Waals surface area contributed by atoms with Crippen molar-refractivity contribution in [3.63, 3.8) is 0 Å². The van der Waals surface area contributed by atoms with Gasteiger partial charge in [0.25, 0.3) is 0 Å². The number of aryl methyl sites for hydroxylation is 4. The zero-order valence-electron chi connectivity index (χ0n) is 52.8. The van der Waals surface area contributed by atoms with Crippen molar-refractivity contribution in [2.24, 2.45) is 0 Å². The molecule has 0 aliphatic rings. The molecule has 0 aliphatic carbocycles. The van der Waals surface area contributed by atoms with Crippen molar-refractivity contribution in [2.45, 2.75) is 127 Å². The molecule has 0 saturated carbocycles. The Balaban J connectivity index is 1.26. The van der Waals surface area contributed by atoms with Crippen molar-refractivity contribution in [3.05, 3.63) is 224 Å². The third-order valence-electron chi connectivity index (χ3n) is 15.6. The van der Waals surface area contributed by atoms with Crippen LogP contribution in [0.1, 0.15) is 22.3 Å². The van der Waals surface area contributed by atoms with Crippen LogP contribution in [0.4, 0.5) is 119 Å². The summed E-state index contributed by atoms with van der Waals surface area (Å²) in [5.74, 6) is -46.8. The van der Waals surface area contributed by atoms with E-state index in [1.807, 2.05) is 0 Å². The van der Waals surface area contributed by atoms with E-state index in [0.717, 1.165) is 146 Å². The maximum absolute atomic E-state index is 15.7. The second kappa shape index (κ2) is 28.2. The average Bonchev–Trinajstić information content (AvgIpc) is 0.718. The molecule has 0 fully saturated rings. The predicted octanol–water partition coefficient (Wildman–Crippen LogP) is 22.4. The Morgan fingerprint density at radius 3 is 0.660 bits per heavy atom. The summed E-state index contributed by atoms with van der Waals surface area (Å²) in [4.78, 5) is -3.17. The van der Waals surface area contributed by atoms with Crippen LogP contribution in [0.3, 0.4) is 0 Å². The summed E-state index contributed by atoms with van der Waals surface area (Å²) >= 11 is -5.21. The normalized spacial score (nSPS) is 14.8. The van der Waals surface area contributed by atoms with E-state index in [0.29, 0.717) is 0 Å². The van der Waals surface area contributed by atoms with Gasteiger partial charge in [0.1, 0.15) is 0 Å². The van der Waals surface area contributed by atoms with E-state index in [-0.39, 0.29) is 44.5 Å². The SMILES string of the molecule is Cc1ccccc1S(OS(=O)(=O)C(F)(F)C(F)(F)C(F)(F)C(F)(F)F)(c1ccc(-c2ccc(I(OS(=O)(=O)C(F)(F)C(F)(F)C(F)(F)C(F)(F)F)c3ccc(-c4ccc(S(OS(=O)(=O)C(F)(F)C(F)(F)C(F)(F)C(F)(F)F)(c5ccccc5C)c5ccccc5C)cc4)cc3)cc2)cc1)c1ccccc1C. The molecule has 0 radical (unpaired) electrons. The fourth-order valence-corrected chi connectivity index (χ4v) is 28.0. The van der Waals surface area contributed by atoms with Gasteiger partial charge in [-0.15, -0.1) is 0 Å². The molecule has 8 aromatic rings. The molecule has 0 N–H and O–H groups in total. The van der Waals surface area contributed by atoms with Gasteiger partial charge in [0.2, 0.25) is 0 Å². The third kappa shape index (κ3) is 13.9. The van der Waals surface area contributed by atoms with Gasteiger partial charge in [0.05, 0.1) is 0 Å². The molecule has 0 saturated heterocycles. The Morgan fingerprint density at radius 2 is 0.453 bits per heavy atom. The van der Waals surface area contributed by atoms with Crippen LogP contribution in [0.25, 0.3) is 22.3 Å². The second-order valence-corrected chi connectivity index (χ2v) is 37.9. The first-order valence-corrected chi connectivity index (χ1v) is 39.0. The summed E-state index contributed by atoms with van der Waals surface area (Å²) < 4.78 is 484. The van der Waals surface area contributed by atoms with Crippen molar-refractivity contribution < 1.29 is 154 Å². The van der Waals surface area contributed by atoms with Crippen LogP contribution in [0.2, 0.25) is 0 Å². The van der Waals surface area contributed by atoms with E-state index in [2.05, 4.69) is 2.51 Å². The Kier molecular flexibility index (Phi) is 22.5. The first kappa shape index (κ1) is 84.7. The molecule has 8 rings (SSSR count). The Hall–Kier alpha value is -6.97.